The zero-order chi connectivity index (χ0) is 12.4. The van der Waals surface area contributed by atoms with Crippen molar-refractivity contribution in [3.05, 3.63) is 29.3 Å². The van der Waals surface area contributed by atoms with Crippen LogP contribution in [0.1, 0.15) is 50.1 Å². The van der Waals surface area contributed by atoms with E-state index in [1.807, 2.05) is 11.3 Å². The summed E-state index contributed by atoms with van der Waals surface area (Å²) in [6, 6.07) is 9.48. The maximum Gasteiger partial charge on any atom is 0.111 e. The molecule has 3 heteroatoms. The molecule has 1 saturated carbocycles. The second-order valence-corrected chi connectivity index (χ2v) is 6.31. The van der Waals surface area contributed by atoms with Gasteiger partial charge in [-0.2, -0.15) is 0 Å². The summed E-state index contributed by atoms with van der Waals surface area (Å²) in [7, 11) is 0. The molecule has 1 heterocycles. The lowest BCUT2D eigenvalue weighted by molar-refractivity contribution is 0.346. The minimum atomic E-state index is 0.380. The van der Waals surface area contributed by atoms with Crippen LogP contribution in [0, 0.1) is 0 Å². The van der Waals surface area contributed by atoms with Gasteiger partial charge in [0.2, 0.25) is 0 Å². The first kappa shape index (κ1) is 12.1. The number of benzene rings is 1. The summed E-state index contributed by atoms with van der Waals surface area (Å²) in [5, 5.41) is 4.97. The van der Waals surface area contributed by atoms with Crippen LogP contribution in [0.5, 0.6) is 0 Å². The lowest BCUT2D eigenvalue weighted by Crippen LogP contribution is -2.33. The van der Waals surface area contributed by atoms with E-state index in [1.54, 1.807) is 0 Å². The Morgan fingerprint density at radius 3 is 2.78 bits per heavy atom. The summed E-state index contributed by atoms with van der Waals surface area (Å²) in [6.07, 6.45) is 6.83. The van der Waals surface area contributed by atoms with Crippen molar-refractivity contribution in [1.82, 2.24) is 10.3 Å². The summed E-state index contributed by atoms with van der Waals surface area (Å²) >= 11 is 1.82. The number of thiazole rings is 1. The van der Waals surface area contributed by atoms with Gasteiger partial charge in [0.1, 0.15) is 5.01 Å². The SMILES string of the molecule is CC(NC1CCCCC1)c1nc2ccccc2s1. The highest BCUT2D eigenvalue weighted by molar-refractivity contribution is 7.18. The molecule has 3 rings (SSSR count). The van der Waals surface area contributed by atoms with E-state index in [9.17, 15) is 0 Å². The molecule has 0 bridgehead atoms. The van der Waals surface area contributed by atoms with Gasteiger partial charge in [0, 0.05) is 6.04 Å². The molecule has 1 aliphatic carbocycles. The Kier molecular flexibility index (Phi) is 3.62. The molecule has 0 saturated heterocycles. The smallest absolute Gasteiger partial charge is 0.111 e. The molecule has 2 nitrogen and oxygen atoms in total. The lowest BCUT2D eigenvalue weighted by atomic mass is 9.95. The first-order valence-corrected chi connectivity index (χ1v) is 7.76. The van der Waals surface area contributed by atoms with Gasteiger partial charge in [0.25, 0.3) is 0 Å². The summed E-state index contributed by atoms with van der Waals surface area (Å²) in [5.74, 6) is 0. The first-order chi connectivity index (χ1) is 8.83. The minimum Gasteiger partial charge on any atom is -0.305 e. The molecule has 1 aromatic heterocycles. The van der Waals surface area contributed by atoms with Crippen molar-refractivity contribution in [3.63, 3.8) is 0 Å². The summed E-state index contributed by atoms with van der Waals surface area (Å²) in [4.78, 5) is 4.73. The standard InChI is InChI=1S/C15H20N2S/c1-11(16-12-7-3-2-4-8-12)15-17-13-9-5-6-10-14(13)18-15/h5-6,9-12,16H,2-4,7-8H2,1H3. The molecule has 0 radical (unpaired) electrons. The molecule has 1 aliphatic rings. The van der Waals surface area contributed by atoms with Crippen LogP contribution in [0.2, 0.25) is 0 Å². The number of nitrogens with one attached hydrogen (secondary N) is 1. The molecule has 0 aliphatic heterocycles. The maximum atomic E-state index is 4.73. The monoisotopic (exact) mass is 260 g/mol. The van der Waals surface area contributed by atoms with Crippen LogP contribution >= 0.6 is 11.3 Å². The van der Waals surface area contributed by atoms with Gasteiger partial charge in [-0.1, -0.05) is 31.4 Å². The predicted molar refractivity (Wildman–Crippen MR) is 78.0 cm³/mol. The Balaban J connectivity index is 1.72. The number of aromatic nitrogens is 1. The van der Waals surface area contributed by atoms with E-state index < -0.39 is 0 Å². The molecule has 0 spiro atoms. The molecule has 0 amide bonds. The van der Waals surface area contributed by atoms with Crippen molar-refractivity contribution in [3.8, 4) is 0 Å². The summed E-state index contributed by atoms with van der Waals surface area (Å²) < 4.78 is 1.30. The third kappa shape index (κ3) is 2.57. The summed E-state index contributed by atoms with van der Waals surface area (Å²) in [5.41, 5.74) is 1.13. The Bertz CT molecular complexity index is 481. The van der Waals surface area contributed by atoms with Gasteiger partial charge in [-0.3, -0.25) is 0 Å². The van der Waals surface area contributed by atoms with Crippen molar-refractivity contribution in [1.29, 1.82) is 0 Å². The van der Waals surface area contributed by atoms with Crippen LogP contribution in [0.15, 0.2) is 24.3 Å². The summed E-state index contributed by atoms with van der Waals surface area (Å²) in [6.45, 7) is 2.24. The Hall–Kier alpha value is -0.930. The molecule has 2 aromatic rings. The van der Waals surface area contributed by atoms with E-state index in [2.05, 4.69) is 36.5 Å². The van der Waals surface area contributed by atoms with Crippen LogP contribution in [0.3, 0.4) is 0 Å². The number of nitrogens with zero attached hydrogens (tertiary/aromatic N) is 1. The zero-order valence-corrected chi connectivity index (χ0v) is 11.7. The fourth-order valence-corrected chi connectivity index (χ4v) is 3.75. The molecule has 18 heavy (non-hydrogen) atoms. The second-order valence-electron chi connectivity index (χ2n) is 5.24. The van der Waals surface area contributed by atoms with Crippen molar-refractivity contribution >= 4 is 21.6 Å². The van der Waals surface area contributed by atoms with Gasteiger partial charge >= 0.3 is 0 Å². The Labute approximate surface area is 112 Å². The highest BCUT2D eigenvalue weighted by atomic mass is 32.1. The van der Waals surface area contributed by atoms with Gasteiger partial charge in [-0.25, -0.2) is 4.98 Å². The third-order valence-corrected chi connectivity index (χ3v) is 4.99. The molecule has 96 valence electrons. The van der Waals surface area contributed by atoms with Crippen molar-refractivity contribution in [2.24, 2.45) is 0 Å². The predicted octanol–water partition coefficient (Wildman–Crippen LogP) is 4.28. The molecule has 1 atom stereocenters. The zero-order valence-electron chi connectivity index (χ0n) is 10.9. The average molecular weight is 260 g/mol. The average Bonchev–Trinajstić information content (AvgIpc) is 2.84. The van der Waals surface area contributed by atoms with E-state index in [0.717, 1.165) is 5.52 Å². The van der Waals surface area contributed by atoms with Gasteiger partial charge in [0.15, 0.2) is 0 Å². The van der Waals surface area contributed by atoms with Crippen LogP contribution in [-0.4, -0.2) is 11.0 Å². The van der Waals surface area contributed by atoms with Gasteiger partial charge in [-0.15, -0.1) is 11.3 Å². The molecule has 1 aromatic carbocycles. The molecular formula is C15H20N2S. The minimum absolute atomic E-state index is 0.380. The third-order valence-electron chi connectivity index (χ3n) is 3.77. The Morgan fingerprint density at radius 2 is 2.00 bits per heavy atom. The largest absolute Gasteiger partial charge is 0.305 e. The first-order valence-electron chi connectivity index (χ1n) is 6.94. The number of hydrogen-bond acceptors (Lipinski definition) is 3. The van der Waals surface area contributed by atoms with Crippen molar-refractivity contribution in [2.75, 3.05) is 0 Å². The van der Waals surface area contributed by atoms with Crippen LogP contribution < -0.4 is 5.32 Å². The normalized spacial score (nSPS) is 19.2. The van der Waals surface area contributed by atoms with E-state index in [0.29, 0.717) is 12.1 Å². The number of hydrogen-bond donors (Lipinski definition) is 1. The Morgan fingerprint density at radius 1 is 1.22 bits per heavy atom. The van der Waals surface area contributed by atoms with Gasteiger partial charge < -0.3 is 5.32 Å². The van der Waals surface area contributed by atoms with Crippen LogP contribution in [0.4, 0.5) is 0 Å². The number of rotatable bonds is 3. The number of fused-ring (bicyclic) bond motifs is 1. The van der Waals surface area contributed by atoms with Crippen LogP contribution in [-0.2, 0) is 0 Å². The van der Waals surface area contributed by atoms with Gasteiger partial charge in [-0.05, 0) is 31.9 Å². The maximum absolute atomic E-state index is 4.73. The molecule has 1 fully saturated rings. The fraction of sp³-hybridized carbons (Fsp3) is 0.533. The lowest BCUT2D eigenvalue weighted by Gasteiger charge is -2.25. The second kappa shape index (κ2) is 5.37. The van der Waals surface area contributed by atoms with Gasteiger partial charge in [0.05, 0.1) is 16.3 Å². The molecule has 1 unspecified atom stereocenters. The highest BCUT2D eigenvalue weighted by Gasteiger charge is 2.18. The van der Waals surface area contributed by atoms with E-state index >= 15 is 0 Å². The fourth-order valence-electron chi connectivity index (χ4n) is 2.77. The van der Waals surface area contributed by atoms with E-state index in [-0.39, 0.29) is 0 Å². The van der Waals surface area contributed by atoms with Crippen molar-refractivity contribution < 1.29 is 0 Å². The molecular weight excluding hydrogens is 240 g/mol. The highest BCUT2D eigenvalue weighted by Crippen LogP contribution is 2.27. The quantitative estimate of drug-likeness (QED) is 0.891. The topological polar surface area (TPSA) is 24.9 Å². The van der Waals surface area contributed by atoms with Crippen molar-refractivity contribution in [2.45, 2.75) is 51.1 Å². The molecule has 1 N–H and O–H groups in total. The van der Waals surface area contributed by atoms with E-state index in [4.69, 9.17) is 4.98 Å². The van der Waals surface area contributed by atoms with E-state index in [1.165, 1.54) is 41.8 Å². The van der Waals surface area contributed by atoms with Crippen LogP contribution in [0.25, 0.3) is 10.2 Å². The number of para-hydroxylation sites is 1.